The van der Waals surface area contributed by atoms with Crippen LogP contribution in [0, 0.1) is 11.8 Å². The molecule has 2 rings (SSSR count). The zero-order chi connectivity index (χ0) is 25.0. The van der Waals surface area contributed by atoms with E-state index in [2.05, 4.69) is 23.3 Å². The maximum absolute atomic E-state index is 11.2. The van der Waals surface area contributed by atoms with Crippen LogP contribution in [-0.4, -0.2) is 23.9 Å². The maximum Gasteiger partial charge on any atom is 0.317 e. The number of unbranched alkanes of at least 4 members (excludes halogenated alkanes) is 14. The molecule has 2 unspecified atom stereocenters. The molecule has 2 aliphatic rings. The van der Waals surface area contributed by atoms with Crippen LogP contribution in [0.3, 0.4) is 0 Å². The van der Waals surface area contributed by atoms with Gasteiger partial charge in [-0.15, -0.1) is 0 Å². The molecule has 2 fully saturated rings. The van der Waals surface area contributed by atoms with E-state index in [1.807, 2.05) is 0 Å². The molecule has 0 aromatic heterocycles. The van der Waals surface area contributed by atoms with E-state index >= 15 is 0 Å². The van der Waals surface area contributed by atoms with Crippen LogP contribution in [0.1, 0.15) is 142 Å². The fourth-order valence-electron chi connectivity index (χ4n) is 4.53. The predicted molar refractivity (Wildman–Crippen MR) is 133 cm³/mol. The van der Waals surface area contributed by atoms with Crippen molar-refractivity contribution in [2.75, 3.05) is 0 Å². The molecule has 0 N–H and O–H groups in total. The first-order valence-electron chi connectivity index (χ1n) is 14.0. The van der Waals surface area contributed by atoms with Crippen LogP contribution in [0.5, 0.6) is 0 Å². The summed E-state index contributed by atoms with van der Waals surface area (Å²) in [5, 5.41) is 0. The topological polar surface area (TPSA) is 86.7 Å². The Kier molecular flexibility index (Phi) is 17.4. The van der Waals surface area contributed by atoms with E-state index in [4.69, 9.17) is 0 Å². The highest BCUT2D eigenvalue weighted by Crippen LogP contribution is 2.23. The second kappa shape index (κ2) is 19.6. The average molecular weight is 481 g/mol. The minimum absolute atomic E-state index is 0.149. The second-order valence-electron chi connectivity index (χ2n) is 9.92. The fraction of sp³-hybridized carbons (Fsp3) is 0.857. The Labute approximate surface area is 206 Å². The summed E-state index contributed by atoms with van der Waals surface area (Å²) < 4.78 is 9.03. The Morgan fingerprint density at radius 2 is 0.794 bits per heavy atom. The van der Waals surface area contributed by atoms with Crippen molar-refractivity contribution < 1.29 is 28.7 Å². The van der Waals surface area contributed by atoms with Crippen molar-refractivity contribution in [3.05, 3.63) is 0 Å². The van der Waals surface area contributed by atoms with Crippen LogP contribution < -0.4 is 0 Å². The lowest BCUT2D eigenvalue weighted by atomic mass is 9.99. The molecule has 6 heteroatoms. The van der Waals surface area contributed by atoms with E-state index in [1.54, 1.807) is 0 Å². The molecule has 34 heavy (non-hydrogen) atoms. The van der Waals surface area contributed by atoms with Gasteiger partial charge in [0.2, 0.25) is 0 Å². The molecule has 0 bridgehead atoms. The molecule has 2 aliphatic heterocycles. The molecule has 0 spiro atoms. The highest BCUT2D eigenvalue weighted by Gasteiger charge is 2.33. The summed E-state index contributed by atoms with van der Waals surface area (Å²) in [4.78, 5) is 44.0. The molecule has 2 heterocycles. The van der Waals surface area contributed by atoms with Gasteiger partial charge >= 0.3 is 23.9 Å². The molecule has 0 aliphatic carbocycles. The number of hydrogen-bond acceptors (Lipinski definition) is 6. The summed E-state index contributed by atoms with van der Waals surface area (Å²) in [5.41, 5.74) is 0. The summed E-state index contributed by atoms with van der Waals surface area (Å²) in [6, 6.07) is 0. The molecule has 0 amide bonds. The zero-order valence-electron chi connectivity index (χ0n) is 21.7. The Balaban J connectivity index is 0.000000350. The van der Waals surface area contributed by atoms with Gasteiger partial charge in [-0.1, -0.05) is 117 Å². The summed E-state index contributed by atoms with van der Waals surface area (Å²) in [6.45, 7) is 4.44. The molecule has 0 aromatic carbocycles. The van der Waals surface area contributed by atoms with Gasteiger partial charge in [-0.25, -0.2) is 0 Å². The standard InChI is InChI=1S/C16H28O3.C12H20O3/c1-2-3-4-5-6-7-8-9-10-11-12-14-13-15(17)19-16(14)18;1-2-3-4-5-6-7-8-10-9-11(13)15-12(10)14/h14H,2-13H2,1H3;10H,2-9H2,1H3. The summed E-state index contributed by atoms with van der Waals surface area (Å²) in [7, 11) is 0. The second-order valence-corrected chi connectivity index (χ2v) is 9.92. The molecule has 2 saturated heterocycles. The fourth-order valence-corrected chi connectivity index (χ4v) is 4.53. The predicted octanol–water partition coefficient (Wildman–Crippen LogP) is 7.21. The van der Waals surface area contributed by atoms with Crippen LogP contribution in [-0.2, 0) is 28.7 Å². The zero-order valence-corrected chi connectivity index (χ0v) is 21.7. The quantitative estimate of drug-likeness (QED) is 0.117. The third-order valence-corrected chi connectivity index (χ3v) is 6.73. The number of cyclic esters (lactones) is 4. The van der Waals surface area contributed by atoms with Gasteiger partial charge in [0.1, 0.15) is 0 Å². The number of ether oxygens (including phenoxy) is 2. The highest BCUT2D eigenvalue weighted by molar-refractivity contribution is 5.95. The maximum atomic E-state index is 11.2. The highest BCUT2D eigenvalue weighted by atomic mass is 16.6. The number of carbonyl (C=O) groups is 4. The Morgan fingerprint density at radius 3 is 1.06 bits per heavy atom. The van der Waals surface area contributed by atoms with Crippen LogP contribution in [0.25, 0.3) is 0 Å². The van der Waals surface area contributed by atoms with E-state index in [-0.39, 0.29) is 35.7 Å². The normalized spacial score (nSPS) is 19.7. The third-order valence-electron chi connectivity index (χ3n) is 6.73. The lowest BCUT2D eigenvalue weighted by molar-refractivity contribution is -0.155. The van der Waals surface area contributed by atoms with Crippen molar-refractivity contribution in [1.82, 2.24) is 0 Å². The van der Waals surface area contributed by atoms with Crippen molar-refractivity contribution in [2.24, 2.45) is 11.8 Å². The largest absolute Gasteiger partial charge is 0.393 e. The molecule has 0 saturated carbocycles. The summed E-state index contributed by atoms with van der Waals surface area (Å²) in [5.74, 6) is -1.61. The number of carbonyl (C=O) groups excluding carboxylic acids is 4. The monoisotopic (exact) mass is 480 g/mol. The molecule has 196 valence electrons. The Hall–Kier alpha value is -1.72. The molecule has 6 nitrogen and oxygen atoms in total. The van der Waals surface area contributed by atoms with Crippen molar-refractivity contribution in [3.63, 3.8) is 0 Å². The van der Waals surface area contributed by atoms with Gasteiger partial charge in [0, 0.05) is 0 Å². The van der Waals surface area contributed by atoms with Crippen LogP contribution in [0.2, 0.25) is 0 Å². The van der Waals surface area contributed by atoms with E-state index in [9.17, 15) is 19.2 Å². The van der Waals surface area contributed by atoms with Crippen molar-refractivity contribution in [2.45, 2.75) is 142 Å². The van der Waals surface area contributed by atoms with Gasteiger partial charge in [-0.2, -0.15) is 0 Å². The number of hydrogen-bond donors (Lipinski definition) is 0. The summed E-state index contributed by atoms with van der Waals surface area (Å²) in [6.07, 6.45) is 22.4. The van der Waals surface area contributed by atoms with Gasteiger partial charge < -0.3 is 9.47 Å². The first kappa shape index (κ1) is 30.3. The molecule has 0 aromatic rings. The SMILES string of the molecule is CCCCCCCCC1CC(=O)OC1=O.CCCCCCCCCCCCC1CC(=O)OC1=O. The first-order valence-corrected chi connectivity index (χ1v) is 14.0. The van der Waals surface area contributed by atoms with E-state index in [0.717, 1.165) is 32.1 Å². The van der Waals surface area contributed by atoms with Crippen LogP contribution in [0.4, 0.5) is 0 Å². The lowest BCUT2D eigenvalue weighted by Gasteiger charge is -2.04. The number of esters is 4. The molecular weight excluding hydrogens is 432 g/mol. The van der Waals surface area contributed by atoms with Crippen LogP contribution >= 0.6 is 0 Å². The molecule has 0 radical (unpaired) electrons. The van der Waals surface area contributed by atoms with Crippen LogP contribution in [0.15, 0.2) is 0 Å². The average Bonchev–Trinajstić information content (AvgIpc) is 3.30. The molecule has 2 atom stereocenters. The van der Waals surface area contributed by atoms with Gasteiger partial charge in [-0.05, 0) is 12.8 Å². The summed E-state index contributed by atoms with van der Waals surface area (Å²) >= 11 is 0. The van der Waals surface area contributed by atoms with E-state index in [0.29, 0.717) is 12.8 Å². The third kappa shape index (κ3) is 14.5. The van der Waals surface area contributed by atoms with Crippen molar-refractivity contribution in [3.8, 4) is 0 Å². The Morgan fingerprint density at radius 1 is 0.500 bits per heavy atom. The smallest absolute Gasteiger partial charge is 0.317 e. The van der Waals surface area contributed by atoms with Crippen molar-refractivity contribution in [1.29, 1.82) is 0 Å². The van der Waals surface area contributed by atoms with E-state index < -0.39 is 0 Å². The van der Waals surface area contributed by atoms with Gasteiger partial charge in [0.05, 0.1) is 24.7 Å². The van der Waals surface area contributed by atoms with E-state index in [1.165, 1.54) is 83.5 Å². The lowest BCUT2D eigenvalue weighted by Crippen LogP contribution is -2.06. The van der Waals surface area contributed by atoms with Gasteiger partial charge in [0.25, 0.3) is 0 Å². The van der Waals surface area contributed by atoms with Gasteiger partial charge in [0.15, 0.2) is 0 Å². The molecular formula is C28H48O6. The number of rotatable bonds is 18. The Bertz CT molecular complexity index is 600. The minimum atomic E-state index is -0.351. The first-order chi connectivity index (χ1) is 16.5. The van der Waals surface area contributed by atoms with Gasteiger partial charge in [-0.3, -0.25) is 19.2 Å². The van der Waals surface area contributed by atoms with Crippen molar-refractivity contribution >= 4 is 23.9 Å². The minimum Gasteiger partial charge on any atom is -0.393 e.